The first-order chi connectivity index (χ1) is 30.0. The van der Waals surface area contributed by atoms with Gasteiger partial charge < -0.3 is 30.6 Å². The van der Waals surface area contributed by atoms with E-state index in [2.05, 4.69) is 4.89 Å². The van der Waals surface area contributed by atoms with Crippen LogP contribution in [0.15, 0.2) is 154 Å². The maximum absolute atomic E-state index is 14.4. The number of aromatic hydroxyl groups is 2. The van der Waals surface area contributed by atoms with Crippen molar-refractivity contribution >= 4 is 50.3 Å². The van der Waals surface area contributed by atoms with Crippen molar-refractivity contribution in [2.24, 2.45) is 0 Å². The van der Waals surface area contributed by atoms with Crippen molar-refractivity contribution in [3.05, 3.63) is 180 Å². The van der Waals surface area contributed by atoms with Gasteiger partial charge in [0.1, 0.15) is 68.7 Å². The van der Waals surface area contributed by atoms with Crippen LogP contribution in [0.2, 0.25) is 0 Å². The topological polar surface area (TPSA) is 116 Å². The van der Waals surface area contributed by atoms with Crippen molar-refractivity contribution in [2.75, 3.05) is 0 Å². The molecular weight excluding hydrogens is 893 g/mol. The first-order valence-electron chi connectivity index (χ1n) is 18.5. The van der Waals surface area contributed by atoms with Gasteiger partial charge in [0.15, 0.2) is 0 Å². The minimum absolute atomic E-state index is 0. The summed E-state index contributed by atoms with van der Waals surface area (Å²) in [6, 6.07) is 35.9. The SMILES string of the molecule is Fc1cccc2oc3ccc(-c4ccc5oc6cccc(F)c6c5c4)cc3c12.O=CO[O-].Oc1ccc(-c2ccc(O)c(-c3c(F)cccc3F)c2)cc1-c1c(F)cccc1F.[H-].[K+].[K+]. The van der Waals surface area contributed by atoms with Crippen molar-refractivity contribution in [2.45, 2.75) is 0 Å². The monoisotopic (exact) mass is 920 g/mol. The maximum Gasteiger partial charge on any atom is 1.00 e. The van der Waals surface area contributed by atoms with E-state index in [-0.39, 0.29) is 145 Å². The molecule has 8 aromatic carbocycles. The molecule has 64 heavy (non-hydrogen) atoms. The molecule has 0 unspecified atom stereocenters. The van der Waals surface area contributed by atoms with Crippen LogP contribution in [0.25, 0.3) is 88.4 Å². The van der Waals surface area contributed by atoms with Gasteiger partial charge in [-0.3, -0.25) is 4.79 Å². The molecular formula is C49H28F6K2O7. The van der Waals surface area contributed by atoms with Crippen molar-refractivity contribution in [3.63, 3.8) is 0 Å². The average molecular weight is 921 g/mol. The molecule has 0 fully saturated rings. The number of phenols is 2. The van der Waals surface area contributed by atoms with Gasteiger partial charge in [-0.05, 0) is 119 Å². The number of carbonyl (C=O) groups is 1. The van der Waals surface area contributed by atoms with Crippen molar-refractivity contribution < 1.29 is 165 Å². The molecule has 0 radical (unpaired) electrons. The van der Waals surface area contributed by atoms with E-state index in [9.17, 15) is 36.6 Å². The Morgan fingerprint density at radius 2 is 0.766 bits per heavy atom. The Balaban J connectivity index is 0.000000217. The molecule has 0 spiro atoms. The Bertz CT molecular complexity index is 3080. The summed E-state index contributed by atoms with van der Waals surface area (Å²) in [5, 5.41) is 31.1. The third-order valence-electron chi connectivity index (χ3n) is 10.1. The van der Waals surface area contributed by atoms with Gasteiger partial charge >= 0.3 is 103 Å². The van der Waals surface area contributed by atoms with Crippen LogP contribution < -0.4 is 108 Å². The largest absolute Gasteiger partial charge is 1.00 e. The van der Waals surface area contributed by atoms with Gasteiger partial charge in [-0.15, -0.1) is 0 Å². The molecule has 2 aromatic heterocycles. The number of hydrogen-bond donors (Lipinski definition) is 2. The Labute approximate surface area is 445 Å². The second-order valence-corrected chi connectivity index (χ2v) is 13.7. The summed E-state index contributed by atoms with van der Waals surface area (Å²) in [5.41, 5.74) is 3.99. The fourth-order valence-corrected chi connectivity index (χ4v) is 7.27. The number of hydrogen-bond acceptors (Lipinski definition) is 7. The van der Waals surface area contributed by atoms with Crippen LogP contribution >= 0.6 is 0 Å². The Hall–Kier alpha value is -4.76. The van der Waals surface area contributed by atoms with Crippen LogP contribution in [-0.4, -0.2) is 16.7 Å². The first-order valence-corrected chi connectivity index (χ1v) is 18.5. The molecule has 0 saturated heterocycles. The van der Waals surface area contributed by atoms with Gasteiger partial charge in [0.25, 0.3) is 6.47 Å². The van der Waals surface area contributed by atoms with Crippen LogP contribution in [0.1, 0.15) is 1.43 Å². The molecule has 10 aromatic rings. The van der Waals surface area contributed by atoms with Crippen molar-refractivity contribution in [3.8, 4) is 56.0 Å². The van der Waals surface area contributed by atoms with Gasteiger partial charge in [-0.1, -0.05) is 48.5 Å². The molecule has 0 bridgehead atoms. The number of benzene rings is 8. The van der Waals surface area contributed by atoms with Crippen LogP contribution in [0.4, 0.5) is 26.3 Å². The smallest absolute Gasteiger partial charge is 1.00 e. The van der Waals surface area contributed by atoms with E-state index in [0.29, 0.717) is 55.0 Å². The molecule has 2 N–H and O–H groups in total. The number of phenolic OH excluding ortho intramolecular Hbond substituents is 2. The third-order valence-corrected chi connectivity index (χ3v) is 10.1. The average Bonchev–Trinajstić information content (AvgIpc) is 3.84. The van der Waals surface area contributed by atoms with Gasteiger partial charge in [0, 0.05) is 21.9 Å². The van der Waals surface area contributed by atoms with Crippen LogP contribution in [0.5, 0.6) is 11.5 Å². The minimum atomic E-state index is -0.845. The number of carbonyl (C=O) groups excluding carboxylic acids is 1. The summed E-state index contributed by atoms with van der Waals surface area (Å²) in [6.45, 7) is -0.181. The molecule has 0 aliphatic carbocycles. The molecule has 2 heterocycles. The predicted octanol–water partition coefficient (Wildman–Crippen LogP) is 6.64. The summed E-state index contributed by atoms with van der Waals surface area (Å²) in [6.07, 6.45) is 0. The summed E-state index contributed by atoms with van der Waals surface area (Å²) < 4.78 is 97.1. The van der Waals surface area contributed by atoms with Gasteiger partial charge in [0.05, 0.1) is 21.9 Å². The minimum Gasteiger partial charge on any atom is -1.00 e. The third kappa shape index (κ3) is 9.75. The normalized spacial score (nSPS) is 10.7. The second kappa shape index (κ2) is 21.0. The fraction of sp³-hybridized carbons (Fsp3) is 0. The molecule has 310 valence electrons. The van der Waals surface area contributed by atoms with E-state index in [1.165, 1.54) is 60.7 Å². The van der Waals surface area contributed by atoms with Crippen molar-refractivity contribution in [1.29, 1.82) is 0 Å². The number of halogens is 6. The quantitative estimate of drug-likeness (QED) is 0.0655. The van der Waals surface area contributed by atoms with Crippen LogP contribution in [-0.2, 0) is 9.68 Å². The second-order valence-electron chi connectivity index (χ2n) is 13.7. The maximum atomic E-state index is 14.4. The molecule has 0 aliphatic rings. The van der Waals surface area contributed by atoms with Crippen molar-refractivity contribution in [1.82, 2.24) is 0 Å². The predicted molar refractivity (Wildman–Crippen MR) is 221 cm³/mol. The Kier molecular flexibility index (Phi) is 16.0. The van der Waals surface area contributed by atoms with Gasteiger partial charge in [0.2, 0.25) is 0 Å². The molecule has 0 atom stereocenters. The molecule has 0 saturated carbocycles. The summed E-state index contributed by atoms with van der Waals surface area (Å²) in [5.74, 6) is -4.67. The molecule has 10 rings (SSSR count). The zero-order valence-corrected chi connectivity index (χ0v) is 39.9. The van der Waals surface area contributed by atoms with E-state index >= 15 is 0 Å². The number of fused-ring (bicyclic) bond motifs is 6. The summed E-state index contributed by atoms with van der Waals surface area (Å²) in [4.78, 5) is 11.2. The van der Waals surface area contributed by atoms with E-state index in [1.807, 2.05) is 36.4 Å². The zero-order chi connectivity index (χ0) is 43.7. The molecule has 7 nitrogen and oxygen atoms in total. The van der Waals surface area contributed by atoms with Gasteiger partial charge in [-0.2, -0.15) is 0 Å². The molecule has 0 amide bonds. The Morgan fingerprint density at radius 3 is 1.12 bits per heavy atom. The van der Waals surface area contributed by atoms with Gasteiger partial charge in [-0.25, -0.2) is 26.3 Å². The Morgan fingerprint density at radius 1 is 0.453 bits per heavy atom. The van der Waals surface area contributed by atoms with E-state index in [1.54, 1.807) is 24.3 Å². The summed E-state index contributed by atoms with van der Waals surface area (Å²) in [7, 11) is 0. The van der Waals surface area contributed by atoms with Crippen LogP contribution in [0, 0.1) is 34.9 Å². The standard InChI is InChI=1S/C24H14F4O2.C24H12F2O2.CH2O3.2K.H/c25-17-3-1-4-18(26)23(17)15-11-13(7-9-21(15)29)14-8-10-22(30)16(12-14)24-19(27)5-2-6-20(24)28;25-17-3-1-5-21-23(17)15-11-13(7-9-19(15)27-21)14-8-10-20-16(12-14)24-18(26)4-2-6-22(24)28-20;2-1-4-3;;;/h1-12,29-30H;1-12H;1,3H;;;/q;;;2*+1;-1/p-1. The van der Waals surface area contributed by atoms with E-state index in [4.69, 9.17) is 18.9 Å². The fourth-order valence-electron chi connectivity index (χ4n) is 7.27. The van der Waals surface area contributed by atoms with E-state index in [0.717, 1.165) is 35.4 Å². The van der Waals surface area contributed by atoms with E-state index < -0.39 is 34.4 Å². The molecule has 0 aliphatic heterocycles. The first kappa shape index (κ1) is 48.7. The van der Waals surface area contributed by atoms with Crippen LogP contribution in [0.3, 0.4) is 0 Å². The summed E-state index contributed by atoms with van der Waals surface area (Å²) >= 11 is 0. The number of rotatable bonds is 5. The molecule has 15 heteroatoms. The zero-order valence-electron chi connectivity index (χ0n) is 34.6. The number of furan rings is 2.